The Bertz CT molecular complexity index is 63.9. The molecule has 1 nitrogen and oxygen atoms in total. The van der Waals surface area contributed by atoms with Gasteiger partial charge >= 0.3 is 0 Å². The Balaban J connectivity index is 0. The van der Waals surface area contributed by atoms with Gasteiger partial charge in [0, 0.05) is 0 Å². The van der Waals surface area contributed by atoms with E-state index in [9.17, 15) is 0 Å². The molecule has 0 spiro atoms. The first-order valence-electron chi connectivity index (χ1n) is 1.25. The van der Waals surface area contributed by atoms with Gasteiger partial charge in [-0.1, -0.05) is 11.5 Å². The summed E-state index contributed by atoms with van der Waals surface area (Å²) in [5.74, 6) is 0. The van der Waals surface area contributed by atoms with Crippen molar-refractivity contribution in [3.63, 3.8) is 0 Å². The van der Waals surface area contributed by atoms with E-state index >= 15 is 0 Å². The highest BCUT2D eigenvalue weighted by Crippen LogP contribution is 1.30. The van der Waals surface area contributed by atoms with Crippen molar-refractivity contribution in [3.05, 3.63) is 24.6 Å². The van der Waals surface area contributed by atoms with E-state index in [1.165, 1.54) is 0 Å². The summed E-state index contributed by atoms with van der Waals surface area (Å²) < 4.78 is 0. The summed E-state index contributed by atoms with van der Waals surface area (Å²) in [5, 5.41) is 0. The zero-order chi connectivity index (χ0) is 5.41. The highest BCUT2D eigenvalue weighted by Gasteiger charge is 1.08. The summed E-state index contributed by atoms with van der Waals surface area (Å²) in [6, 6.07) is 0. The van der Waals surface area contributed by atoms with Crippen LogP contribution in [0.4, 0.5) is 0 Å². The van der Waals surface area contributed by atoms with Gasteiger partial charge in [-0.15, -0.1) is 0 Å². The van der Waals surface area contributed by atoms with Crippen LogP contribution in [0.1, 0.15) is 0 Å². The Labute approximate surface area is 37.3 Å². The molecule has 0 aliphatic carbocycles. The smallest absolute Gasteiger partial charge is 0.106 e. The number of rotatable bonds is 0. The van der Waals surface area contributed by atoms with Gasteiger partial charge < -0.3 is 4.79 Å². The lowest BCUT2D eigenvalue weighted by Crippen LogP contribution is -0.988. The fourth-order valence-electron chi connectivity index (χ4n) is 0. The highest BCUT2D eigenvalue weighted by atomic mass is 16.1. The SMILES string of the molecule is C=C=C=C.C=O. The minimum Gasteiger partial charge on any atom is -0.307 e. The molecule has 0 aliphatic heterocycles. The molecule has 0 heterocycles. The quantitative estimate of drug-likeness (QED) is 0.397. The number of hydrogen-bond acceptors (Lipinski definition) is 1. The van der Waals surface area contributed by atoms with E-state index in [1.54, 1.807) is 0 Å². The van der Waals surface area contributed by atoms with Gasteiger partial charge in [-0.05, 0) is 13.2 Å². The Kier molecular flexibility index (Phi) is 55.1. The third-order valence-electron chi connectivity index (χ3n) is 0.125. The maximum absolute atomic E-state index is 8.00. The molecule has 0 aromatic heterocycles. The van der Waals surface area contributed by atoms with Crippen molar-refractivity contribution in [1.82, 2.24) is 0 Å². The molecular formula is C5H6O. The van der Waals surface area contributed by atoms with Gasteiger partial charge in [0.15, 0.2) is 0 Å². The average Bonchev–Trinajstić information content (AvgIpc) is 1.72. The maximum atomic E-state index is 8.00. The van der Waals surface area contributed by atoms with Gasteiger partial charge in [-0.25, -0.2) is 0 Å². The third kappa shape index (κ3) is 12800. The van der Waals surface area contributed by atoms with Crippen LogP contribution in [0, 0.1) is 0 Å². The van der Waals surface area contributed by atoms with Crippen LogP contribution in [-0.2, 0) is 4.79 Å². The Morgan fingerprint density at radius 1 is 1.00 bits per heavy atom. The Hall–Kier alpha value is -1.03. The maximum Gasteiger partial charge on any atom is 0.106 e. The largest absolute Gasteiger partial charge is 0.307 e. The molecule has 0 unspecified atom stereocenters. The molecule has 0 saturated carbocycles. The molecule has 0 aliphatic rings. The van der Waals surface area contributed by atoms with Gasteiger partial charge in [-0.3, -0.25) is 0 Å². The van der Waals surface area contributed by atoms with Crippen LogP contribution in [0.25, 0.3) is 0 Å². The topological polar surface area (TPSA) is 17.1 Å². The molecule has 0 aromatic carbocycles. The van der Waals surface area contributed by atoms with Crippen molar-refractivity contribution >= 4 is 6.79 Å². The fourth-order valence-corrected chi connectivity index (χ4v) is 0. The molecule has 0 amide bonds. The lowest BCUT2D eigenvalue weighted by atomic mass is 10.9. The first kappa shape index (κ1) is 8.88. The molecule has 0 aromatic rings. The van der Waals surface area contributed by atoms with Crippen molar-refractivity contribution in [3.8, 4) is 0 Å². The standard InChI is InChI=1S/C4H4.CH2O/c1-3-4-2;1-2/h1-2H2;1H2. The molecule has 0 bridgehead atoms. The van der Waals surface area contributed by atoms with Gasteiger partial charge in [0.05, 0.1) is 0 Å². The van der Waals surface area contributed by atoms with E-state index in [-0.39, 0.29) is 0 Å². The van der Waals surface area contributed by atoms with Gasteiger partial charge in [0.2, 0.25) is 0 Å². The summed E-state index contributed by atoms with van der Waals surface area (Å²) in [6.07, 6.45) is 0. The second kappa shape index (κ2) is 37.2. The summed E-state index contributed by atoms with van der Waals surface area (Å²) >= 11 is 0. The van der Waals surface area contributed by atoms with Gasteiger partial charge in [0.25, 0.3) is 0 Å². The van der Waals surface area contributed by atoms with Crippen LogP contribution in [0.3, 0.4) is 0 Å². The van der Waals surface area contributed by atoms with Crippen LogP contribution >= 0.6 is 0 Å². The highest BCUT2D eigenvalue weighted by molar-refractivity contribution is 5.10. The van der Waals surface area contributed by atoms with Crippen molar-refractivity contribution in [2.75, 3.05) is 0 Å². The molecule has 0 radical (unpaired) electrons. The van der Waals surface area contributed by atoms with Crippen LogP contribution in [-0.4, -0.2) is 6.79 Å². The second-order valence-electron chi connectivity index (χ2n) is 0.354. The average molecular weight is 82.1 g/mol. The summed E-state index contributed by atoms with van der Waals surface area (Å²) in [6.45, 7) is 8.36. The van der Waals surface area contributed by atoms with Crippen LogP contribution < -0.4 is 0 Å². The van der Waals surface area contributed by atoms with E-state index in [4.69, 9.17) is 4.79 Å². The second-order valence-corrected chi connectivity index (χ2v) is 0.354. The Morgan fingerprint density at radius 2 is 1.17 bits per heavy atom. The van der Waals surface area contributed by atoms with E-state index in [1.807, 2.05) is 6.79 Å². The molecule has 0 N–H and O–H groups in total. The normalized spacial score (nSPS) is 2.67. The fraction of sp³-hybridized carbons (Fsp3) is 0. The molecule has 0 fully saturated rings. The zero-order valence-electron chi connectivity index (χ0n) is 3.53. The predicted molar refractivity (Wildman–Crippen MR) is 25.4 cm³/mol. The van der Waals surface area contributed by atoms with E-state index in [0.29, 0.717) is 0 Å². The molecular weight excluding hydrogens is 76.1 g/mol. The summed E-state index contributed by atoms with van der Waals surface area (Å²) in [4.78, 5) is 8.00. The summed E-state index contributed by atoms with van der Waals surface area (Å²) in [7, 11) is 0. The number of carbonyl (C=O) groups is 1. The monoisotopic (exact) mass is 82.0 g/mol. The molecule has 0 saturated heterocycles. The molecule has 6 heavy (non-hydrogen) atoms. The zero-order valence-corrected chi connectivity index (χ0v) is 3.53. The van der Waals surface area contributed by atoms with Crippen molar-refractivity contribution in [2.24, 2.45) is 0 Å². The molecule has 0 rings (SSSR count). The van der Waals surface area contributed by atoms with Crippen molar-refractivity contribution < 1.29 is 4.79 Å². The van der Waals surface area contributed by atoms with Crippen molar-refractivity contribution in [2.45, 2.75) is 0 Å². The van der Waals surface area contributed by atoms with Crippen LogP contribution in [0.15, 0.2) is 24.6 Å². The lowest BCUT2D eigenvalue weighted by molar-refractivity contribution is -0.0979. The molecule has 0 atom stereocenters. The number of hydrogen-bond donors (Lipinski definition) is 0. The lowest BCUT2D eigenvalue weighted by Gasteiger charge is -1.21. The van der Waals surface area contributed by atoms with E-state index < -0.39 is 0 Å². The minimum atomic E-state index is 2.00. The van der Waals surface area contributed by atoms with Gasteiger partial charge in [0.1, 0.15) is 6.79 Å². The van der Waals surface area contributed by atoms with Crippen molar-refractivity contribution in [1.29, 1.82) is 0 Å². The minimum absolute atomic E-state index is 2.00. The van der Waals surface area contributed by atoms with Crippen LogP contribution in [0.5, 0.6) is 0 Å². The molecule has 1 heteroatoms. The van der Waals surface area contributed by atoms with E-state index in [0.717, 1.165) is 0 Å². The Morgan fingerprint density at radius 3 is 1.17 bits per heavy atom. The first-order chi connectivity index (χ1) is 2.91. The first-order valence-corrected chi connectivity index (χ1v) is 1.25. The van der Waals surface area contributed by atoms with E-state index in [2.05, 4.69) is 24.6 Å². The summed E-state index contributed by atoms with van der Waals surface area (Å²) in [5.41, 5.74) is 4.64. The predicted octanol–water partition coefficient (Wildman–Crippen LogP) is 0.927. The number of carbonyl (C=O) groups excluding carboxylic acids is 1. The van der Waals surface area contributed by atoms with Gasteiger partial charge in [-0.2, -0.15) is 0 Å². The van der Waals surface area contributed by atoms with Crippen LogP contribution in [0.2, 0.25) is 0 Å². The third-order valence-corrected chi connectivity index (χ3v) is 0.125. The molecule has 32 valence electrons.